The maximum absolute atomic E-state index is 12.1. The Morgan fingerprint density at radius 1 is 1.26 bits per heavy atom. The maximum atomic E-state index is 12.1. The summed E-state index contributed by atoms with van der Waals surface area (Å²) < 4.78 is 5.57. The van der Waals surface area contributed by atoms with Crippen molar-refractivity contribution in [3.05, 3.63) is 0 Å². The minimum Gasteiger partial charge on any atom is -0.381 e. The van der Waals surface area contributed by atoms with Gasteiger partial charge in [0.2, 0.25) is 5.91 Å². The van der Waals surface area contributed by atoms with Crippen LogP contribution >= 0.6 is 0 Å². The molecule has 2 saturated carbocycles. The summed E-state index contributed by atoms with van der Waals surface area (Å²) in [7, 11) is 0. The van der Waals surface area contributed by atoms with Crippen LogP contribution in [0.5, 0.6) is 0 Å². The Kier molecular flexibility index (Phi) is 4.38. The lowest BCUT2D eigenvalue weighted by molar-refractivity contribution is -0.123. The molecular weight excluding hydrogens is 240 g/mol. The van der Waals surface area contributed by atoms with Crippen LogP contribution in [0.2, 0.25) is 0 Å². The van der Waals surface area contributed by atoms with Crippen LogP contribution in [0.25, 0.3) is 0 Å². The number of fused-ring (bicyclic) bond motifs is 1. The summed E-state index contributed by atoms with van der Waals surface area (Å²) in [5.41, 5.74) is 0. The van der Waals surface area contributed by atoms with E-state index in [1.165, 1.54) is 32.1 Å². The molecule has 3 fully saturated rings. The summed E-state index contributed by atoms with van der Waals surface area (Å²) in [5.74, 6) is 2.37. The zero-order valence-electron chi connectivity index (χ0n) is 11.7. The van der Waals surface area contributed by atoms with E-state index in [1.807, 2.05) is 0 Å². The topological polar surface area (TPSA) is 50.4 Å². The number of carbonyl (C=O) groups excluding carboxylic acids is 1. The molecule has 0 aromatic heterocycles. The highest BCUT2D eigenvalue weighted by atomic mass is 16.5. The van der Waals surface area contributed by atoms with Crippen molar-refractivity contribution in [3.8, 4) is 0 Å². The van der Waals surface area contributed by atoms with Crippen LogP contribution in [-0.2, 0) is 9.53 Å². The number of carbonyl (C=O) groups is 1. The average Bonchev–Trinajstić information content (AvgIpc) is 2.96. The lowest BCUT2D eigenvalue weighted by Gasteiger charge is -2.17. The molecule has 3 atom stereocenters. The van der Waals surface area contributed by atoms with E-state index in [2.05, 4.69) is 10.6 Å². The highest BCUT2D eigenvalue weighted by Gasteiger charge is 2.42. The Labute approximate surface area is 115 Å². The Hall–Kier alpha value is -0.610. The Morgan fingerprint density at radius 2 is 2.16 bits per heavy atom. The summed E-state index contributed by atoms with van der Waals surface area (Å²) in [5, 5.41) is 6.45. The SMILES string of the molecule is O=C(NCCCOCC1CC1)C1NCC2CCCC21. The Bertz CT molecular complexity index is 317. The first-order chi connectivity index (χ1) is 9.34. The van der Waals surface area contributed by atoms with Crippen molar-refractivity contribution < 1.29 is 9.53 Å². The second kappa shape index (κ2) is 6.23. The Balaban J connectivity index is 1.28. The van der Waals surface area contributed by atoms with Gasteiger partial charge >= 0.3 is 0 Å². The van der Waals surface area contributed by atoms with Gasteiger partial charge in [0, 0.05) is 19.8 Å². The van der Waals surface area contributed by atoms with Gasteiger partial charge in [-0.2, -0.15) is 0 Å². The third-order valence-electron chi connectivity index (χ3n) is 4.84. The van der Waals surface area contributed by atoms with E-state index in [1.54, 1.807) is 0 Å². The minimum atomic E-state index is 0.0693. The van der Waals surface area contributed by atoms with E-state index in [9.17, 15) is 4.79 Å². The number of rotatable bonds is 7. The monoisotopic (exact) mass is 266 g/mol. The van der Waals surface area contributed by atoms with Crippen LogP contribution in [0.15, 0.2) is 0 Å². The van der Waals surface area contributed by atoms with Crippen molar-refractivity contribution in [2.75, 3.05) is 26.3 Å². The molecule has 2 aliphatic carbocycles. The van der Waals surface area contributed by atoms with Crippen molar-refractivity contribution in [3.63, 3.8) is 0 Å². The fourth-order valence-corrected chi connectivity index (χ4v) is 3.50. The van der Waals surface area contributed by atoms with E-state index >= 15 is 0 Å². The van der Waals surface area contributed by atoms with Crippen LogP contribution in [0.1, 0.15) is 38.5 Å². The van der Waals surface area contributed by atoms with Gasteiger partial charge in [-0.3, -0.25) is 4.79 Å². The van der Waals surface area contributed by atoms with Gasteiger partial charge in [0.15, 0.2) is 0 Å². The summed E-state index contributed by atoms with van der Waals surface area (Å²) in [4.78, 5) is 12.1. The number of nitrogens with one attached hydrogen (secondary N) is 2. The minimum absolute atomic E-state index is 0.0693. The number of hydrogen-bond acceptors (Lipinski definition) is 3. The van der Waals surface area contributed by atoms with E-state index in [0.717, 1.165) is 44.6 Å². The van der Waals surface area contributed by atoms with Crippen LogP contribution in [0, 0.1) is 17.8 Å². The molecule has 108 valence electrons. The second-order valence-electron chi connectivity index (χ2n) is 6.40. The first-order valence-electron chi connectivity index (χ1n) is 7.93. The number of ether oxygens (including phenoxy) is 1. The molecule has 1 aliphatic heterocycles. The van der Waals surface area contributed by atoms with Crippen LogP contribution < -0.4 is 10.6 Å². The molecule has 1 heterocycles. The normalized spacial score (nSPS) is 33.4. The predicted molar refractivity (Wildman–Crippen MR) is 73.8 cm³/mol. The van der Waals surface area contributed by atoms with Gasteiger partial charge in [0.25, 0.3) is 0 Å². The fraction of sp³-hybridized carbons (Fsp3) is 0.933. The average molecular weight is 266 g/mol. The number of hydrogen-bond donors (Lipinski definition) is 2. The molecule has 1 saturated heterocycles. The quantitative estimate of drug-likeness (QED) is 0.683. The van der Waals surface area contributed by atoms with E-state index in [-0.39, 0.29) is 11.9 Å². The predicted octanol–water partition coefficient (Wildman–Crippen LogP) is 1.31. The first kappa shape index (κ1) is 13.4. The zero-order valence-corrected chi connectivity index (χ0v) is 11.7. The summed E-state index contributed by atoms with van der Waals surface area (Å²) in [6, 6.07) is 0.0693. The lowest BCUT2D eigenvalue weighted by Crippen LogP contribution is -2.44. The molecule has 0 aromatic carbocycles. The smallest absolute Gasteiger partial charge is 0.237 e. The van der Waals surface area contributed by atoms with Crippen molar-refractivity contribution in [1.82, 2.24) is 10.6 Å². The molecule has 4 heteroatoms. The molecule has 3 aliphatic rings. The van der Waals surface area contributed by atoms with Crippen molar-refractivity contribution in [2.45, 2.75) is 44.6 Å². The van der Waals surface area contributed by atoms with Crippen LogP contribution in [-0.4, -0.2) is 38.3 Å². The van der Waals surface area contributed by atoms with Crippen molar-refractivity contribution in [2.24, 2.45) is 17.8 Å². The van der Waals surface area contributed by atoms with Gasteiger partial charge in [-0.15, -0.1) is 0 Å². The summed E-state index contributed by atoms with van der Waals surface area (Å²) >= 11 is 0. The van der Waals surface area contributed by atoms with Crippen molar-refractivity contribution in [1.29, 1.82) is 0 Å². The van der Waals surface area contributed by atoms with E-state index in [0.29, 0.717) is 5.92 Å². The van der Waals surface area contributed by atoms with Gasteiger partial charge in [0.1, 0.15) is 0 Å². The second-order valence-corrected chi connectivity index (χ2v) is 6.40. The van der Waals surface area contributed by atoms with Gasteiger partial charge in [-0.25, -0.2) is 0 Å². The van der Waals surface area contributed by atoms with Crippen molar-refractivity contribution >= 4 is 5.91 Å². The molecule has 0 radical (unpaired) electrons. The lowest BCUT2D eigenvalue weighted by atomic mass is 9.93. The largest absolute Gasteiger partial charge is 0.381 e. The van der Waals surface area contributed by atoms with Crippen LogP contribution in [0.3, 0.4) is 0 Å². The van der Waals surface area contributed by atoms with Gasteiger partial charge in [-0.1, -0.05) is 6.42 Å². The number of amides is 1. The highest BCUT2D eigenvalue weighted by molar-refractivity contribution is 5.82. The van der Waals surface area contributed by atoms with E-state index < -0.39 is 0 Å². The fourth-order valence-electron chi connectivity index (χ4n) is 3.50. The maximum Gasteiger partial charge on any atom is 0.237 e. The highest BCUT2D eigenvalue weighted by Crippen LogP contribution is 2.37. The molecule has 3 unspecified atom stereocenters. The zero-order chi connectivity index (χ0) is 13.1. The van der Waals surface area contributed by atoms with Gasteiger partial charge < -0.3 is 15.4 Å². The molecule has 0 bridgehead atoms. The standard InChI is InChI=1S/C15H26N2O2/c18-15(14-13-4-1-3-12(13)9-17-14)16-7-2-8-19-10-11-5-6-11/h11-14,17H,1-10H2,(H,16,18). The summed E-state index contributed by atoms with van der Waals surface area (Å²) in [6.45, 7) is 3.48. The third kappa shape index (κ3) is 3.48. The molecule has 19 heavy (non-hydrogen) atoms. The molecular formula is C15H26N2O2. The van der Waals surface area contributed by atoms with Gasteiger partial charge in [-0.05, 0) is 56.4 Å². The van der Waals surface area contributed by atoms with E-state index in [4.69, 9.17) is 4.74 Å². The van der Waals surface area contributed by atoms with Crippen LogP contribution in [0.4, 0.5) is 0 Å². The molecule has 0 aromatic rings. The first-order valence-corrected chi connectivity index (χ1v) is 7.93. The van der Waals surface area contributed by atoms with Gasteiger partial charge in [0.05, 0.1) is 6.04 Å². The third-order valence-corrected chi connectivity index (χ3v) is 4.84. The summed E-state index contributed by atoms with van der Waals surface area (Å²) in [6.07, 6.45) is 7.44. The Morgan fingerprint density at radius 3 is 3.00 bits per heavy atom. The molecule has 1 amide bonds. The molecule has 3 rings (SSSR count). The molecule has 0 spiro atoms. The molecule has 2 N–H and O–H groups in total. The molecule has 4 nitrogen and oxygen atoms in total.